The van der Waals surface area contributed by atoms with E-state index in [1.165, 1.54) is 5.56 Å². The third kappa shape index (κ3) is 2.99. The number of aryl methyl sites for hydroxylation is 1. The van der Waals surface area contributed by atoms with E-state index in [0.29, 0.717) is 0 Å². The van der Waals surface area contributed by atoms with Gasteiger partial charge in [-0.15, -0.1) is 0 Å². The number of anilines is 1. The van der Waals surface area contributed by atoms with Crippen molar-refractivity contribution in [3.63, 3.8) is 0 Å². The molecule has 0 unspecified atom stereocenters. The van der Waals surface area contributed by atoms with Gasteiger partial charge in [0.25, 0.3) is 0 Å². The Bertz CT molecular complexity index is 263. The second-order valence-corrected chi connectivity index (χ2v) is 3.75. The second kappa shape index (κ2) is 5.22. The van der Waals surface area contributed by atoms with Crippen LogP contribution in [0.5, 0.6) is 0 Å². The number of halogens is 1. The first-order valence-corrected chi connectivity index (χ1v) is 5.63. The summed E-state index contributed by atoms with van der Waals surface area (Å²) in [5.41, 5.74) is 1.26. The highest BCUT2D eigenvalue weighted by Crippen LogP contribution is 2.11. The lowest BCUT2D eigenvalue weighted by Crippen LogP contribution is -2.25. The Morgan fingerprint density at radius 2 is 2.31 bits per heavy atom. The molecule has 0 atom stereocenters. The van der Waals surface area contributed by atoms with Gasteiger partial charge in [-0.3, -0.25) is 0 Å². The Kier molecular flexibility index (Phi) is 4.22. The molecule has 1 heterocycles. The molecule has 1 aromatic rings. The van der Waals surface area contributed by atoms with E-state index in [2.05, 4.69) is 45.7 Å². The van der Waals surface area contributed by atoms with E-state index in [1.807, 2.05) is 12.3 Å². The number of pyridine rings is 1. The molecule has 0 radical (unpaired) electrons. The summed E-state index contributed by atoms with van der Waals surface area (Å²) in [6, 6.07) is 4.14. The highest BCUT2D eigenvalue weighted by atomic mass is 79.9. The summed E-state index contributed by atoms with van der Waals surface area (Å²) in [6.07, 6.45) is 1.86. The van der Waals surface area contributed by atoms with Crippen LogP contribution in [0.3, 0.4) is 0 Å². The van der Waals surface area contributed by atoms with Crippen molar-refractivity contribution in [3.8, 4) is 0 Å². The zero-order chi connectivity index (χ0) is 9.68. The predicted molar refractivity (Wildman–Crippen MR) is 60.7 cm³/mol. The first-order chi connectivity index (χ1) is 6.27. The molecule has 0 N–H and O–H groups in total. The molecule has 0 aliphatic carbocycles. The SMILES string of the molecule is CCN(CCBr)c1cc(C)ccn1. The number of hydrogen-bond donors (Lipinski definition) is 0. The van der Waals surface area contributed by atoms with E-state index in [0.717, 1.165) is 24.2 Å². The third-order valence-corrected chi connectivity index (χ3v) is 2.32. The van der Waals surface area contributed by atoms with Crippen LogP contribution in [0.25, 0.3) is 0 Å². The van der Waals surface area contributed by atoms with E-state index in [-0.39, 0.29) is 0 Å². The highest BCUT2D eigenvalue weighted by Gasteiger charge is 2.03. The quantitative estimate of drug-likeness (QED) is 0.755. The van der Waals surface area contributed by atoms with Gasteiger partial charge in [-0.25, -0.2) is 4.98 Å². The molecule has 0 spiro atoms. The molecule has 0 bridgehead atoms. The fourth-order valence-corrected chi connectivity index (χ4v) is 1.66. The minimum atomic E-state index is 0.983. The zero-order valence-corrected chi connectivity index (χ0v) is 9.71. The van der Waals surface area contributed by atoms with Gasteiger partial charge in [-0.05, 0) is 31.5 Å². The molecular formula is C10H15BrN2. The first-order valence-electron chi connectivity index (χ1n) is 4.51. The molecule has 0 amide bonds. The predicted octanol–water partition coefficient (Wildman–Crippen LogP) is 2.61. The van der Waals surface area contributed by atoms with Crippen LogP contribution >= 0.6 is 15.9 Å². The molecule has 1 aromatic heterocycles. The monoisotopic (exact) mass is 242 g/mol. The summed E-state index contributed by atoms with van der Waals surface area (Å²) in [7, 11) is 0. The van der Waals surface area contributed by atoms with Crippen LogP contribution in [0, 0.1) is 6.92 Å². The van der Waals surface area contributed by atoms with Crippen molar-refractivity contribution in [2.24, 2.45) is 0 Å². The normalized spacial score (nSPS) is 10.1. The molecule has 0 saturated carbocycles. The average Bonchev–Trinajstić information content (AvgIpc) is 2.14. The average molecular weight is 243 g/mol. The van der Waals surface area contributed by atoms with Gasteiger partial charge in [-0.1, -0.05) is 15.9 Å². The number of alkyl halides is 1. The van der Waals surface area contributed by atoms with Crippen LogP contribution in [-0.4, -0.2) is 23.4 Å². The number of hydrogen-bond acceptors (Lipinski definition) is 2. The van der Waals surface area contributed by atoms with Crippen LogP contribution < -0.4 is 4.90 Å². The molecule has 72 valence electrons. The molecule has 13 heavy (non-hydrogen) atoms. The maximum absolute atomic E-state index is 4.33. The second-order valence-electron chi connectivity index (χ2n) is 2.96. The summed E-state index contributed by atoms with van der Waals surface area (Å²) in [5.74, 6) is 1.07. The Morgan fingerprint density at radius 1 is 1.54 bits per heavy atom. The number of aromatic nitrogens is 1. The topological polar surface area (TPSA) is 16.1 Å². The van der Waals surface area contributed by atoms with Gasteiger partial charge in [0.05, 0.1) is 0 Å². The lowest BCUT2D eigenvalue weighted by molar-refractivity contribution is 0.853. The fraction of sp³-hybridized carbons (Fsp3) is 0.500. The largest absolute Gasteiger partial charge is 0.356 e. The van der Waals surface area contributed by atoms with Crippen molar-refractivity contribution >= 4 is 21.7 Å². The molecular weight excluding hydrogens is 228 g/mol. The van der Waals surface area contributed by atoms with Gasteiger partial charge in [0.1, 0.15) is 5.82 Å². The van der Waals surface area contributed by atoms with Crippen LogP contribution in [0.4, 0.5) is 5.82 Å². The van der Waals surface area contributed by atoms with Gasteiger partial charge in [-0.2, -0.15) is 0 Å². The Hall–Kier alpha value is -0.570. The van der Waals surface area contributed by atoms with Crippen LogP contribution in [0.15, 0.2) is 18.3 Å². The summed E-state index contributed by atoms with van der Waals surface area (Å²) >= 11 is 3.44. The zero-order valence-electron chi connectivity index (χ0n) is 8.13. The Balaban J connectivity index is 2.78. The molecule has 0 aliphatic rings. The van der Waals surface area contributed by atoms with E-state index in [9.17, 15) is 0 Å². The molecule has 0 saturated heterocycles. The lowest BCUT2D eigenvalue weighted by atomic mass is 10.3. The van der Waals surface area contributed by atoms with Gasteiger partial charge in [0.15, 0.2) is 0 Å². The van der Waals surface area contributed by atoms with E-state index in [1.54, 1.807) is 0 Å². The smallest absolute Gasteiger partial charge is 0.128 e. The summed E-state index contributed by atoms with van der Waals surface area (Å²) in [6.45, 7) is 6.24. The molecule has 0 aliphatic heterocycles. The van der Waals surface area contributed by atoms with Crippen molar-refractivity contribution < 1.29 is 0 Å². The molecule has 0 fully saturated rings. The Morgan fingerprint density at radius 3 is 2.85 bits per heavy atom. The van der Waals surface area contributed by atoms with Crippen molar-refractivity contribution in [2.75, 3.05) is 23.3 Å². The van der Waals surface area contributed by atoms with E-state index < -0.39 is 0 Å². The van der Waals surface area contributed by atoms with Crippen molar-refractivity contribution in [3.05, 3.63) is 23.9 Å². The van der Waals surface area contributed by atoms with Crippen LogP contribution in [-0.2, 0) is 0 Å². The summed E-state index contributed by atoms with van der Waals surface area (Å²) in [4.78, 5) is 6.59. The molecule has 1 rings (SSSR count). The van der Waals surface area contributed by atoms with E-state index >= 15 is 0 Å². The highest BCUT2D eigenvalue weighted by molar-refractivity contribution is 9.09. The Labute approximate surface area is 88.1 Å². The minimum absolute atomic E-state index is 0.983. The van der Waals surface area contributed by atoms with Gasteiger partial charge < -0.3 is 4.90 Å². The van der Waals surface area contributed by atoms with Crippen LogP contribution in [0.1, 0.15) is 12.5 Å². The molecule has 3 heteroatoms. The van der Waals surface area contributed by atoms with E-state index in [4.69, 9.17) is 0 Å². The van der Waals surface area contributed by atoms with Crippen molar-refractivity contribution in [1.82, 2.24) is 4.98 Å². The molecule has 0 aromatic carbocycles. The maximum atomic E-state index is 4.33. The van der Waals surface area contributed by atoms with Gasteiger partial charge in [0, 0.05) is 24.6 Å². The van der Waals surface area contributed by atoms with Gasteiger partial charge in [0.2, 0.25) is 0 Å². The van der Waals surface area contributed by atoms with Crippen molar-refractivity contribution in [2.45, 2.75) is 13.8 Å². The summed E-state index contributed by atoms with van der Waals surface area (Å²) < 4.78 is 0. The summed E-state index contributed by atoms with van der Waals surface area (Å²) in [5, 5.41) is 0.983. The maximum Gasteiger partial charge on any atom is 0.128 e. The third-order valence-electron chi connectivity index (χ3n) is 1.96. The number of nitrogens with zero attached hydrogens (tertiary/aromatic N) is 2. The fourth-order valence-electron chi connectivity index (χ4n) is 1.23. The van der Waals surface area contributed by atoms with Crippen molar-refractivity contribution in [1.29, 1.82) is 0 Å². The minimum Gasteiger partial charge on any atom is -0.356 e. The molecule has 2 nitrogen and oxygen atoms in total. The first kappa shape index (κ1) is 10.5. The number of rotatable bonds is 4. The lowest BCUT2D eigenvalue weighted by Gasteiger charge is -2.20. The standard InChI is InChI=1S/C10H15BrN2/c1-3-13(7-5-11)10-8-9(2)4-6-12-10/h4,6,8H,3,5,7H2,1-2H3. The van der Waals surface area contributed by atoms with Crippen LogP contribution in [0.2, 0.25) is 0 Å². The van der Waals surface area contributed by atoms with Gasteiger partial charge >= 0.3 is 0 Å².